The van der Waals surface area contributed by atoms with Gasteiger partial charge in [-0.15, -0.1) is 0 Å². The highest BCUT2D eigenvalue weighted by atomic mass is 35.5. The molecule has 0 unspecified atom stereocenters. The Labute approximate surface area is 213 Å². The number of nitrogens with zero attached hydrogens (tertiary/aromatic N) is 5. The molecule has 0 atom stereocenters. The summed E-state index contributed by atoms with van der Waals surface area (Å²) in [5.41, 5.74) is 10.8. The van der Waals surface area contributed by atoms with Gasteiger partial charge in [-0.25, -0.2) is 9.97 Å². The smallest absolute Gasteiger partial charge is 0.271 e. The van der Waals surface area contributed by atoms with E-state index in [1.165, 1.54) is 18.3 Å². The van der Waals surface area contributed by atoms with Crippen molar-refractivity contribution >= 4 is 56.6 Å². The van der Waals surface area contributed by atoms with Crippen LogP contribution in [0.5, 0.6) is 0 Å². The highest BCUT2D eigenvalue weighted by Gasteiger charge is 2.11. The Morgan fingerprint density at radius 3 is 1.78 bits per heavy atom. The number of fused-ring (bicyclic) bond motifs is 2. The van der Waals surface area contributed by atoms with Crippen molar-refractivity contribution in [1.82, 2.24) is 29.9 Å². The van der Waals surface area contributed by atoms with E-state index in [0.717, 1.165) is 16.7 Å². The van der Waals surface area contributed by atoms with Crippen molar-refractivity contribution < 1.29 is 4.92 Å². The van der Waals surface area contributed by atoms with Crippen LogP contribution in [0.3, 0.4) is 0 Å². The Hall–Kier alpha value is -4.54. The van der Waals surface area contributed by atoms with Gasteiger partial charge in [0.2, 0.25) is 0 Å². The maximum absolute atomic E-state index is 10.7. The fourth-order valence-electron chi connectivity index (χ4n) is 3.41. The molecule has 4 heterocycles. The zero-order chi connectivity index (χ0) is 25.2. The lowest BCUT2D eigenvalue weighted by atomic mass is 10.3. The number of rotatable bonds is 3. The number of anilines is 1. The second-order valence-corrected chi connectivity index (χ2v) is 8.50. The molecule has 0 fully saturated rings. The van der Waals surface area contributed by atoms with Gasteiger partial charge in [0.1, 0.15) is 11.4 Å². The van der Waals surface area contributed by atoms with Crippen molar-refractivity contribution in [3.63, 3.8) is 0 Å². The number of nitro groups is 1. The molecule has 0 amide bonds. The number of benzene rings is 2. The lowest BCUT2D eigenvalue weighted by molar-refractivity contribution is -0.384. The van der Waals surface area contributed by atoms with Crippen LogP contribution >= 0.6 is 23.2 Å². The third kappa shape index (κ3) is 4.95. The third-order valence-electron chi connectivity index (χ3n) is 5.12. The molecule has 0 saturated carbocycles. The molecule has 0 saturated heterocycles. The number of nitrogen functional groups attached to an aromatic ring is 1. The average Bonchev–Trinajstić information content (AvgIpc) is 3.48. The Balaban J connectivity index is 0.000000149. The quantitative estimate of drug-likeness (QED) is 0.146. The first kappa shape index (κ1) is 23.2. The molecule has 0 aliphatic rings. The predicted octanol–water partition coefficient (Wildman–Crippen LogP) is 6.05. The Morgan fingerprint density at radius 1 is 0.750 bits per heavy atom. The number of aromatic amines is 2. The van der Waals surface area contributed by atoms with Crippen molar-refractivity contribution in [2.75, 3.05) is 5.73 Å². The van der Waals surface area contributed by atoms with E-state index in [0.29, 0.717) is 44.1 Å². The number of hydrogen-bond acceptors (Lipinski definition) is 7. The Morgan fingerprint density at radius 2 is 1.28 bits per heavy atom. The fraction of sp³-hybridized carbons (Fsp3) is 0. The molecular weight excluding hydrogens is 503 g/mol. The first-order chi connectivity index (χ1) is 17.4. The van der Waals surface area contributed by atoms with Crippen LogP contribution in [0.2, 0.25) is 10.0 Å². The second kappa shape index (κ2) is 9.61. The van der Waals surface area contributed by atoms with Gasteiger partial charge < -0.3 is 15.7 Å². The summed E-state index contributed by atoms with van der Waals surface area (Å²) in [6.45, 7) is 0. The van der Waals surface area contributed by atoms with Crippen LogP contribution in [-0.4, -0.2) is 34.8 Å². The van der Waals surface area contributed by atoms with E-state index in [4.69, 9.17) is 28.9 Å². The van der Waals surface area contributed by atoms with E-state index in [1.807, 2.05) is 24.3 Å². The van der Waals surface area contributed by atoms with Crippen molar-refractivity contribution in [3.05, 3.63) is 93.2 Å². The highest BCUT2D eigenvalue weighted by molar-refractivity contribution is 6.30. The standard InChI is InChI=1S/C12H7ClN4O2.C12H9ClN4/c13-7-1-3-10(14-6-7)12-15-9-4-2-8(17(18)19)5-11(9)16-12;13-7-1-3-10(15-6-7)12-16-9-4-2-8(14)5-11(9)17-12/h1-6H,(H,15,16);1-6H,14H2,(H,16,17). The molecule has 178 valence electrons. The number of pyridine rings is 2. The number of hydrogen-bond donors (Lipinski definition) is 3. The highest BCUT2D eigenvalue weighted by Crippen LogP contribution is 2.24. The van der Waals surface area contributed by atoms with Crippen LogP contribution in [0.15, 0.2) is 73.1 Å². The van der Waals surface area contributed by atoms with Gasteiger partial charge in [-0.1, -0.05) is 23.2 Å². The van der Waals surface area contributed by atoms with Crippen molar-refractivity contribution in [1.29, 1.82) is 0 Å². The minimum absolute atomic E-state index is 0.0202. The van der Waals surface area contributed by atoms with Gasteiger partial charge in [0, 0.05) is 30.2 Å². The van der Waals surface area contributed by atoms with Crippen LogP contribution < -0.4 is 5.73 Å². The normalized spacial score (nSPS) is 10.8. The Bertz CT molecular complexity index is 1700. The molecule has 0 bridgehead atoms. The minimum atomic E-state index is -0.444. The first-order valence-corrected chi connectivity index (χ1v) is 11.2. The minimum Gasteiger partial charge on any atom is -0.399 e. The number of nitro benzene ring substituents is 1. The number of nitrogens with two attached hydrogens (primary N) is 1. The topological polar surface area (TPSA) is 152 Å². The molecule has 6 rings (SSSR count). The second-order valence-electron chi connectivity index (χ2n) is 7.63. The molecule has 4 N–H and O–H groups in total. The van der Waals surface area contributed by atoms with Gasteiger partial charge in [0.05, 0.1) is 37.0 Å². The molecule has 6 aromatic rings. The van der Waals surface area contributed by atoms with E-state index >= 15 is 0 Å². The zero-order valence-electron chi connectivity index (χ0n) is 18.3. The molecular formula is C24H16Cl2N8O2. The summed E-state index contributed by atoms with van der Waals surface area (Å²) in [6.07, 6.45) is 3.12. The van der Waals surface area contributed by atoms with Gasteiger partial charge in [0.15, 0.2) is 11.6 Å². The molecule has 2 aromatic carbocycles. The summed E-state index contributed by atoms with van der Waals surface area (Å²) in [5, 5.41) is 11.8. The average molecular weight is 519 g/mol. The third-order valence-corrected chi connectivity index (χ3v) is 5.57. The number of nitrogens with one attached hydrogen (secondary N) is 2. The number of H-pyrrole nitrogens is 2. The molecule has 0 aliphatic carbocycles. The van der Waals surface area contributed by atoms with Crippen LogP contribution in [0.25, 0.3) is 45.1 Å². The number of aromatic nitrogens is 6. The van der Waals surface area contributed by atoms with Crippen LogP contribution in [0.4, 0.5) is 11.4 Å². The van der Waals surface area contributed by atoms with Crippen molar-refractivity contribution in [2.45, 2.75) is 0 Å². The summed E-state index contributed by atoms with van der Waals surface area (Å²) >= 11 is 11.6. The van der Waals surface area contributed by atoms with Gasteiger partial charge in [0.25, 0.3) is 5.69 Å². The zero-order valence-corrected chi connectivity index (χ0v) is 19.8. The molecule has 0 spiro atoms. The summed E-state index contributed by atoms with van der Waals surface area (Å²) in [5.74, 6) is 1.26. The van der Waals surface area contributed by atoms with E-state index in [1.54, 1.807) is 30.5 Å². The summed E-state index contributed by atoms with van der Waals surface area (Å²) in [7, 11) is 0. The fourth-order valence-corrected chi connectivity index (χ4v) is 3.64. The van der Waals surface area contributed by atoms with E-state index < -0.39 is 4.92 Å². The maximum Gasteiger partial charge on any atom is 0.271 e. The molecule has 36 heavy (non-hydrogen) atoms. The summed E-state index contributed by atoms with van der Waals surface area (Å²) in [6, 6.07) is 17.1. The SMILES string of the molecule is Nc1ccc2nc(-c3ccc(Cl)cn3)[nH]c2c1.O=[N+]([O-])c1ccc2nc(-c3ccc(Cl)cn3)[nH]c2c1. The van der Waals surface area contributed by atoms with E-state index in [-0.39, 0.29) is 5.69 Å². The molecule has 12 heteroatoms. The van der Waals surface area contributed by atoms with Crippen LogP contribution in [0.1, 0.15) is 0 Å². The molecule has 10 nitrogen and oxygen atoms in total. The predicted molar refractivity (Wildman–Crippen MR) is 140 cm³/mol. The maximum atomic E-state index is 10.7. The monoisotopic (exact) mass is 518 g/mol. The van der Waals surface area contributed by atoms with Gasteiger partial charge in [-0.05, 0) is 48.5 Å². The number of imidazole rings is 2. The first-order valence-electron chi connectivity index (χ1n) is 10.5. The summed E-state index contributed by atoms with van der Waals surface area (Å²) < 4.78 is 0. The molecule has 4 aromatic heterocycles. The lowest BCUT2D eigenvalue weighted by Gasteiger charge is -1.94. The Kier molecular flexibility index (Phi) is 6.19. The molecule has 0 aliphatic heterocycles. The van der Waals surface area contributed by atoms with E-state index in [9.17, 15) is 10.1 Å². The number of halogens is 2. The largest absolute Gasteiger partial charge is 0.399 e. The van der Waals surface area contributed by atoms with Crippen LogP contribution in [0, 0.1) is 10.1 Å². The molecule has 0 radical (unpaired) electrons. The van der Waals surface area contributed by atoms with Crippen molar-refractivity contribution in [3.8, 4) is 23.0 Å². The van der Waals surface area contributed by atoms with Crippen LogP contribution in [-0.2, 0) is 0 Å². The lowest BCUT2D eigenvalue weighted by Crippen LogP contribution is -1.86. The van der Waals surface area contributed by atoms with Gasteiger partial charge in [-0.3, -0.25) is 20.1 Å². The van der Waals surface area contributed by atoms with E-state index in [2.05, 4.69) is 29.9 Å². The van der Waals surface area contributed by atoms with Gasteiger partial charge in [-0.2, -0.15) is 0 Å². The summed E-state index contributed by atoms with van der Waals surface area (Å²) in [4.78, 5) is 33.6. The van der Waals surface area contributed by atoms with Crippen molar-refractivity contribution in [2.24, 2.45) is 0 Å². The van der Waals surface area contributed by atoms with Gasteiger partial charge >= 0.3 is 0 Å². The number of non-ortho nitro benzene ring substituents is 1.